The molecule has 128 valence electrons. The third-order valence-electron chi connectivity index (χ3n) is 3.08. The summed E-state index contributed by atoms with van der Waals surface area (Å²) in [6, 6.07) is 5.78. The number of amides is 2. The molecule has 0 bridgehead atoms. The van der Waals surface area contributed by atoms with Crippen LogP contribution in [0.5, 0.6) is 0 Å². The highest BCUT2D eigenvalue weighted by Crippen LogP contribution is 2.05. The van der Waals surface area contributed by atoms with E-state index in [2.05, 4.69) is 20.7 Å². The van der Waals surface area contributed by atoms with Gasteiger partial charge in [0.2, 0.25) is 0 Å². The number of aromatic nitrogens is 3. The van der Waals surface area contributed by atoms with Crippen LogP contribution in [0, 0.1) is 5.82 Å². The average Bonchev–Trinajstić information content (AvgIpc) is 2.97. The Labute approximate surface area is 137 Å². The smallest absolute Gasteiger partial charge is 0.315 e. The third kappa shape index (κ3) is 6.03. The number of nitrogens with one attached hydrogen (secondary N) is 2. The molecule has 1 aromatic carbocycles. The Morgan fingerprint density at radius 2 is 2.12 bits per heavy atom. The second-order valence-electron chi connectivity index (χ2n) is 5.10. The Bertz CT molecular complexity index is 704. The van der Waals surface area contributed by atoms with E-state index in [-0.39, 0.29) is 25.3 Å². The van der Waals surface area contributed by atoms with Gasteiger partial charge in [-0.3, -0.25) is 4.79 Å². The van der Waals surface area contributed by atoms with Gasteiger partial charge in [-0.15, -0.1) is 0 Å². The number of hydrogen-bond acceptors (Lipinski definition) is 4. The van der Waals surface area contributed by atoms with Gasteiger partial charge in [0, 0.05) is 13.0 Å². The number of urea groups is 1. The summed E-state index contributed by atoms with van der Waals surface area (Å²) >= 11 is 0. The molecule has 0 aliphatic heterocycles. The molecule has 3 N–H and O–H groups in total. The number of carbonyl (C=O) groups excluding carboxylic acids is 1. The van der Waals surface area contributed by atoms with Crippen molar-refractivity contribution in [3.8, 4) is 0 Å². The molecule has 0 aliphatic carbocycles. The standard InChI is InChI=1S/C15H18FN5O3/c16-12-4-1-3-11(7-12)9-21-10-19-13(20-21)8-18-15(24)17-6-2-5-14(22)23/h1,3-4,7,10H,2,5-6,8-9H2,(H,22,23)(H2,17,18,24). The maximum atomic E-state index is 13.1. The predicted octanol–water partition coefficient (Wildman–Crippen LogP) is 1.13. The Morgan fingerprint density at radius 3 is 2.88 bits per heavy atom. The molecular formula is C15H18FN5O3. The van der Waals surface area contributed by atoms with Crippen LogP contribution in [0.2, 0.25) is 0 Å². The molecular weight excluding hydrogens is 317 g/mol. The minimum atomic E-state index is -0.898. The van der Waals surface area contributed by atoms with E-state index >= 15 is 0 Å². The fourth-order valence-electron chi connectivity index (χ4n) is 1.98. The SMILES string of the molecule is O=C(O)CCCNC(=O)NCc1ncn(Cc2cccc(F)c2)n1. The van der Waals surface area contributed by atoms with Crippen molar-refractivity contribution in [1.82, 2.24) is 25.4 Å². The summed E-state index contributed by atoms with van der Waals surface area (Å²) in [6.45, 7) is 0.798. The van der Waals surface area contributed by atoms with Crippen LogP contribution < -0.4 is 10.6 Å². The molecule has 0 atom stereocenters. The molecule has 2 aromatic rings. The van der Waals surface area contributed by atoms with Gasteiger partial charge in [-0.05, 0) is 24.1 Å². The summed E-state index contributed by atoms with van der Waals surface area (Å²) < 4.78 is 14.7. The van der Waals surface area contributed by atoms with Crippen molar-refractivity contribution in [2.75, 3.05) is 6.54 Å². The number of carbonyl (C=O) groups is 2. The maximum Gasteiger partial charge on any atom is 0.315 e. The molecule has 0 fully saturated rings. The first-order valence-corrected chi connectivity index (χ1v) is 7.39. The Kier molecular flexibility index (Phi) is 6.23. The highest BCUT2D eigenvalue weighted by Gasteiger charge is 2.05. The van der Waals surface area contributed by atoms with Gasteiger partial charge in [-0.25, -0.2) is 18.9 Å². The van der Waals surface area contributed by atoms with Gasteiger partial charge in [-0.2, -0.15) is 5.10 Å². The van der Waals surface area contributed by atoms with Gasteiger partial charge in [0.1, 0.15) is 12.1 Å². The highest BCUT2D eigenvalue weighted by atomic mass is 19.1. The molecule has 0 radical (unpaired) electrons. The molecule has 0 saturated heterocycles. The number of carboxylic acid groups (broad SMARTS) is 1. The number of aliphatic carboxylic acids is 1. The predicted molar refractivity (Wildman–Crippen MR) is 82.6 cm³/mol. The van der Waals surface area contributed by atoms with Crippen molar-refractivity contribution < 1.29 is 19.1 Å². The lowest BCUT2D eigenvalue weighted by Crippen LogP contribution is -2.36. The first-order chi connectivity index (χ1) is 11.5. The number of benzene rings is 1. The van der Waals surface area contributed by atoms with E-state index in [4.69, 9.17) is 5.11 Å². The summed E-state index contributed by atoms with van der Waals surface area (Å²) in [5.74, 6) is -0.786. The van der Waals surface area contributed by atoms with Crippen LogP contribution in [0.15, 0.2) is 30.6 Å². The minimum absolute atomic E-state index is 0.00627. The van der Waals surface area contributed by atoms with Crippen molar-refractivity contribution in [1.29, 1.82) is 0 Å². The van der Waals surface area contributed by atoms with Gasteiger partial charge < -0.3 is 15.7 Å². The van der Waals surface area contributed by atoms with Crippen molar-refractivity contribution >= 4 is 12.0 Å². The molecule has 24 heavy (non-hydrogen) atoms. The highest BCUT2D eigenvalue weighted by molar-refractivity contribution is 5.73. The van der Waals surface area contributed by atoms with E-state index in [1.54, 1.807) is 16.8 Å². The molecule has 9 heteroatoms. The van der Waals surface area contributed by atoms with Crippen LogP contribution in [0.4, 0.5) is 9.18 Å². The average molecular weight is 335 g/mol. The third-order valence-corrected chi connectivity index (χ3v) is 3.08. The summed E-state index contributed by atoms with van der Waals surface area (Å²) in [4.78, 5) is 25.9. The number of rotatable bonds is 8. The van der Waals surface area contributed by atoms with Crippen LogP contribution in [0.25, 0.3) is 0 Å². The Balaban J connectivity index is 1.73. The lowest BCUT2D eigenvalue weighted by atomic mass is 10.2. The molecule has 8 nitrogen and oxygen atoms in total. The number of nitrogens with zero attached hydrogens (tertiary/aromatic N) is 3. The van der Waals surface area contributed by atoms with E-state index in [0.29, 0.717) is 18.8 Å². The summed E-state index contributed by atoms with van der Waals surface area (Å²) in [5, 5.41) is 17.8. The summed E-state index contributed by atoms with van der Waals surface area (Å²) in [6.07, 6.45) is 1.88. The van der Waals surface area contributed by atoms with Crippen molar-refractivity contribution in [3.05, 3.63) is 47.8 Å². The first-order valence-electron chi connectivity index (χ1n) is 7.39. The normalized spacial score (nSPS) is 10.4. The molecule has 0 aliphatic rings. The van der Waals surface area contributed by atoms with Crippen LogP contribution in [-0.2, 0) is 17.9 Å². The fourth-order valence-corrected chi connectivity index (χ4v) is 1.98. The van der Waals surface area contributed by atoms with Gasteiger partial charge in [0.05, 0.1) is 13.1 Å². The number of carboxylic acids is 1. The molecule has 1 heterocycles. The monoisotopic (exact) mass is 335 g/mol. The topological polar surface area (TPSA) is 109 Å². The molecule has 0 saturated carbocycles. The maximum absolute atomic E-state index is 13.1. The number of hydrogen-bond donors (Lipinski definition) is 3. The van der Waals surface area contributed by atoms with E-state index in [1.165, 1.54) is 18.5 Å². The van der Waals surface area contributed by atoms with Crippen molar-refractivity contribution in [2.45, 2.75) is 25.9 Å². The lowest BCUT2D eigenvalue weighted by molar-refractivity contribution is -0.137. The Hall–Kier alpha value is -2.97. The van der Waals surface area contributed by atoms with Gasteiger partial charge in [0.15, 0.2) is 5.82 Å². The van der Waals surface area contributed by atoms with E-state index < -0.39 is 12.0 Å². The molecule has 0 spiro atoms. The molecule has 2 amide bonds. The summed E-state index contributed by atoms with van der Waals surface area (Å²) in [5.41, 5.74) is 0.760. The fraction of sp³-hybridized carbons (Fsp3) is 0.333. The zero-order valence-electron chi connectivity index (χ0n) is 12.9. The van der Waals surface area contributed by atoms with Crippen LogP contribution in [0.1, 0.15) is 24.2 Å². The quantitative estimate of drug-likeness (QED) is 0.627. The van der Waals surface area contributed by atoms with Gasteiger partial charge in [-0.1, -0.05) is 12.1 Å². The Morgan fingerprint density at radius 1 is 1.29 bits per heavy atom. The van der Waals surface area contributed by atoms with Gasteiger partial charge in [0.25, 0.3) is 0 Å². The minimum Gasteiger partial charge on any atom is -0.481 e. The second-order valence-corrected chi connectivity index (χ2v) is 5.10. The van der Waals surface area contributed by atoms with Crippen LogP contribution in [-0.4, -0.2) is 38.4 Å². The van der Waals surface area contributed by atoms with Crippen molar-refractivity contribution in [2.24, 2.45) is 0 Å². The van der Waals surface area contributed by atoms with E-state index in [9.17, 15) is 14.0 Å². The van der Waals surface area contributed by atoms with E-state index in [0.717, 1.165) is 5.56 Å². The van der Waals surface area contributed by atoms with Crippen molar-refractivity contribution in [3.63, 3.8) is 0 Å². The molecule has 2 rings (SSSR count). The summed E-state index contributed by atoms with van der Waals surface area (Å²) in [7, 11) is 0. The first kappa shape index (κ1) is 17.4. The van der Waals surface area contributed by atoms with Crippen LogP contribution >= 0.6 is 0 Å². The number of halogens is 1. The second kappa shape index (κ2) is 8.61. The lowest BCUT2D eigenvalue weighted by Gasteiger charge is -2.05. The molecule has 0 unspecified atom stereocenters. The molecule has 1 aromatic heterocycles. The van der Waals surface area contributed by atoms with Gasteiger partial charge >= 0.3 is 12.0 Å². The van der Waals surface area contributed by atoms with Crippen LogP contribution in [0.3, 0.4) is 0 Å². The largest absolute Gasteiger partial charge is 0.481 e. The van der Waals surface area contributed by atoms with E-state index in [1.807, 2.05) is 0 Å². The zero-order valence-corrected chi connectivity index (χ0v) is 12.9. The zero-order chi connectivity index (χ0) is 17.4.